The van der Waals surface area contributed by atoms with E-state index in [-0.39, 0.29) is 48.9 Å². The van der Waals surface area contributed by atoms with E-state index in [2.05, 4.69) is 5.32 Å². The summed E-state index contributed by atoms with van der Waals surface area (Å²) in [7, 11) is 0. The zero-order valence-corrected chi connectivity index (χ0v) is 13.6. The van der Waals surface area contributed by atoms with Crippen LogP contribution in [0, 0.1) is 0 Å². The van der Waals surface area contributed by atoms with Crippen molar-refractivity contribution in [3.05, 3.63) is 29.3 Å². The Kier molecular flexibility index (Phi) is 7.44. The van der Waals surface area contributed by atoms with Crippen LogP contribution in [-0.2, 0) is 6.61 Å². The zero-order valence-electron chi connectivity index (χ0n) is 12.6. The van der Waals surface area contributed by atoms with E-state index in [0.717, 1.165) is 0 Å². The Hall–Kier alpha value is -0.100. The number of aliphatic hydroxyl groups is 2. The molecule has 0 aromatic heterocycles. The number of rotatable bonds is 4. The molecule has 0 saturated carbocycles. The summed E-state index contributed by atoms with van der Waals surface area (Å²) in [5.41, 5.74) is 1.05. The van der Waals surface area contributed by atoms with Crippen molar-refractivity contribution < 1.29 is 46.3 Å². The third-order valence-corrected chi connectivity index (χ3v) is 2.48. The molecule has 0 bridgehead atoms. The number of phenols is 1. The quantitative estimate of drug-likeness (QED) is 0.495. The molecule has 1 aromatic carbocycles. The monoisotopic (exact) mass is 263 g/mol. The molecule has 0 amide bonds. The van der Waals surface area contributed by atoms with Gasteiger partial charge in [0.15, 0.2) is 0 Å². The van der Waals surface area contributed by atoms with Crippen molar-refractivity contribution in [1.29, 1.82) is 0 Å². The second kappa shape index (κ2) is 7.48. The van der Waals surface area contributed by atoms with Gasteiger partial charge in [-0.25, -0.2) is 0 Å². The van der Waals surface area contributed by atoms with Crippen molar-refractivity contribution in [3.63, 3.8) is 0 Å². The summed E-state index contributed by atoms with van der Waals surface area (Å²) < 4.78 is 0. The van der Waals surface area contributed by atoms with Crippen molar-refractivity contribution in [2.75, 3.05) is 6.54 Å². The van der Waals surface area contributed by atoms with Crippen molar-refractivity contribution in [1.82, 2.24) is 5.32 Å². The molecule has 0 aliphatic rings. The molecular formula is C13H22NNaO3. The molecule has 4 nitrogen and oxygen atoms in total. The normalized spacial score (nSPS) is 12.9. The maximum atomic E-state index is 9.97. The molecule has 0 aliphatic heterocycles. The largest absolute Gasteiger partial charge is 1.00 e. The Bertz CT molecular complexity index is 383. The molecule has 1 aromatic rings. The summed E-state index contributed by atoms with van der Waals surface area (Å²) >= 11 is 0. The van der Waals surface area contributed by atoms with Crippen molar-refractivity contribution >= 4 is 0 Å². The second-order valence-electron chi connectivity index (χ2n) is 5.19. The van der Waals surface area contributed by atoms with Crippen molar-refractivity contribution in [2.24, 2.45) is 0 Å². The number of hydrogen-bond acceptors (Lipinski definition) is 4. The van der Waals surface area contributed by atoms with E-state index in [1.165, 1.54) is 6.07 Å². The molecule has 0 radical (unpaired) electrons. The molecule has 0 fully saturated rings. The third-order valence-electron chi connectivity index (χ3n) is 2.48. The molecule has 1 atom stereocenters. The van der Waals surface area contributed by atoms with Gasteiger partial charge < -0.3 is 22.1 Å². The number of nitrogens with one attached hydrogen (secondary N) is 1. The molecule has 1 unspecified atom stereocenters. The summed E-state index contributed by atoms with van der Waals surface area (Å²) in [5, 5.41) is 31.6. The molecule has 1 rings (SSSR count). The van der Waals surface area contributed by atoms with Gasteiger partial charge in [-0.05, 0) is 38.5 Å². The van der Waals surface area contributed by atoms with Gasteiger partial charge in [0, 0.05) is 17.6 Å². The second-order valence-corrected chi connectivity index (χ2v) is 5.19. The van der Waals surface area contributed by atoms with Crippen LogP contribution in [0.15, 0.2) is 18.2 Å². The molecule has 4 N–H and O–H groups in total. The van der Waals surface area contributed by atoms with Crippen LogP contribution in [0.1, 0.15) is 39.4 Å². The van der Waals surface area contributed by atoms with Crippen LogP contribution >= 0.6 is 0 Å². The molecule has 0 spiro atoms. The van der Waals surface area contributed by atoms with Crippen LogP contribution in [0.5, 0.6) is 5.75 Å². The standard InChI is InChI=1S/C13H21NO3.Na.H/c1-13(2,3)14-7-12(17)9-4-5-11(16)10(6-9)8-15;;/h4-6,12,14-17H,7-8H2,1-3H3;;/q;+1;-1. The predicted molar refractivity (Wildman–Crippen MR) is 67.9 cm³/mol. The summed E-state index contributed by atoms with van der Waals surface area (Å²) in [6.07, 6.45) is -0.653. The topological polar surface area (TPSA) is 72.7 Å². The number of β-amino-alcohol motifs (C(OH)–C–C–N with tert-alkyl or cyclic N) is 1. The van der Waals surface area contributed by atoms with E-state index in [0.29, 0.717) is 17.7 Å². The first kappa shape index (κ1) is 17.9. The molecular weight excluding hydrogens is 241 g/mol. The van der Waals surface area contributed by atoms with E-state index in [9.17, 15) is 10.2 Å². The average molecular weight is 263 g/mol. The van der Waals surface area contributed by atoms with Gasteiger partial charge in [0.1, 0.15) is 5.75 Å². The van der Waals surface area contributed by atoms with Gasteiger partial charge >= 0.3 is 29.6 Å². The van der Waals surface area contributed by atoms with Crippen LogP contribution in [0.25, 0.3) is 0 Å². The van der Waals surface area contributed by atoms with Crippen LogP contribution in [0.4, 0.5) is 0 Å². The fourth-order valence-corrected chi connectivity index (χ4v) is 1.46. The molecule has 0 aliphatic carbocycles. The van der Waals surface area contributed by atoms with Gasteiger partial charge in [-0.1, -0.05) is 6.07 Å². The molecule has 98 valence electrons. The number of hydrogen-bond donors (Lipinski definition) is 4. The number of aliphatic hydroxyl groups excluding tert-OH is 2. The predicted octanol–water partition coefficient (Wildman–Crippen LogP) is -1.58. The van der Waals surface area contributed by atoms with Gasteiger partial charge in [-0.15, -0.1) is 0 Å². The summed E-state index contributed by atoms with van der Waals surface area (Å²) in [4.78, 5) is 0. The van der Waals surface area contributed by atoms with Gasteiger partial charge in [-0.3, -0.25) is 0 Å². The molecule has 18 heavy (non-hydrogen) atoms. The third kappa shape index (κ3) is 5.69. The maximum absolute atomic E-state index is 9.97. The first-order chi connectivity index (χ1) is 7.83. The maximum Gasteiger partial charge on any atom is 1.00 e. The Morgan fingerprint density at radius 1 is 1.33 bits per heavy atom. The van der Waals surface area contributed by atoms with Crippen LogP contribution < -0.4 is 34.9 Å². The van der Waals surface area contributed by atoms with E-state index in [4.69, 9.17) is 5.11 Å². The Morgan fingerprint density at radius 2 is 1.94 bits per heavy atom. The fourth-order valence-electron chi connectivity index (χ4n) is 1.46. The fraction of sp³-hybridized carbons (Fsp3) is 0.538. The minimum absolute atomic E-state index is 0. The first-order valence-electron chi connectivity index (χ1n) is 5.69. The SMILES string of the molecule is CC(C)(C)NCC(O)c1ccc(O)c(CO)c1.[H-].[Na+]. The summed E-state index contributed by atoms with van der Waals surface area (Å²) in [6.45, 7) is 6.26. The summed E-state index contributed by atoms with van der Waals surface area (Å²) in [5.74, 6) is 0.0484. The minimum atomic E-state index is -0.653. The van der Waals surface area contributed by atoms with Crippen LogP contribution in [-0.4, -0.2) is 27.4 Å². The summed E-state index contributed by atoms with van der Waals surface area (Å²) in [6, 6.07) is 4.76. The van der Waals surface area contributed by atoms with Crippen LogP contribution in [0.2, 0.25) is 0 Å². The van der Waals surface area contributed by atoms with Gasteiger partial charge in [-0.2, -0.15) is 0 Å². The molecule has 5 heteroatoms. The Labute approximate surface area is 132 Å². The zero-order chi connectivity index (χ0) is 13.1. The van der Waals surface area contributed by atoms with E-state index >= 15 is 0 Å². The Morgan fingerprint density at radius 3 is 2.44 bits per heavy atom. The number of benzene rings is 1. The van der Waals surface area contributed by atoms with Gasteiger partial charge in [0.2, 0.25) is 0 Å². The smallest absolute Gasteiger partial charge is 1.00 e. The first-order valence-corrected chi connectivity index (χ1v) is 5.69. The Balaban J connectivity index is 0. The van der Waals surface area contributed by atoms with Gasteiger partial charge in [0.05, 0.1) is 12.7 Å². The average Bonchev–Trinajstić information content (AvgIpc) is 2.25. The van der Waals surface area contributed by atoms with Crippen molar-refractivity contribution in [3.8, 4) is 5.75 Å². The van der Waals surface area contributed by atoms with Crippen molar-refractivity contribution in [2.45, 2.75) is 39.0 Å². The van der Waals surface area contributed by atoms with E-state index in [1.807, 2.05) is 20.8 Å². The molecule has 0 saturated heterocycles. The van der Waals surface area contributed by atoms with Crippen LogP contribution in [0.3, 0.4) is 0 Å². The number of aromatic hydroxyl groups is 1. The molecule has 0 heterocycles. The van der Waals surface area contributed by atoms with E-state index in [1.54, 1.807) is 12.1 Å². The minimum Gasteiger partial charge on any atom is -1.00 e. The van der Waals surface area contributed by atoms with E-state index < -0.39 is 6.10 Å². The van der Waals surface area contributed by atoms with Gasteiger partial charge in [0.25, 0.3) is 0 Å².